The summed E-state index contributed by atoms with van der Waals surface area (Å²) in [5.41, 5.74) is -0.660. The number of nitrogens with one attached hydrogen (secondary N) is 1. The van der Waals surface area contributed by atoms with E-state index < -0.39 is 57.7 Å². The molecular weight excluding hydrogens is 644 g/mol. The Balaban J connectivity index is 2.26. The monoisotopic (exact) mass is 678 g/mol. The number of rotatable bonds is 10. The van der Waals surface area contributed by atoms with Gasteiger partial charge in [-0.3, -0.25) is 0 Å². The smallest absolute Gasteiger partial charge is 0.408 e. The largest absolute Gasteiger partial charge is 0.458 e. The standard InChI is InChI=1S/C30H35Cl2F3N2O6S/c1-28(2,3)42-26(38)25(37-27(39)43-29(4,5)6)13-15-36-44(40,41)16-14-21(18-30(33,34)35)19-7-9-20(10-8-19)23-12-11-22(31)17-24(23)32/h7-12,14-15,17,25H,13,16,18H2,1-6H3,(H,37,39)/b21-14?,36-15+/t25-/m0/s1. The second kappa shape index (κ2) is 14.8. The van der Waals surface area contributed by atoms with Gasteiger partial charge in [-0.05, 0) is 70.4 Å². The van der Waals surface area contributed by atoms with Crippen molar-refractivity contribution in [2.45, 2.75) is 77.8 Å². The van der Waals surface area contributed by atoms with E-state index in [2.05, 4.69) is 9.71 Å². The third-order valence-electron chi connectivity index (χ3n) is 5.39. The second-order valence-corrected chi connectivity index (χ2v) is 14.3. The Morgan fingerprint density at radius 3 is 2.07 bits per heavy atom. The molecule has 0 fully saturated rings. The number of hydrogen-bond acceptors (Lipinski definition) is 6. The number of carbonyl (C=O) groups is 2. The van der Waals surface area contributed by atoms with Crippen LogP contribution in [-0.2, 0) is 24.3 Å². The molecule has 1 N–H and O–H groups in total. The van der Waals surface area contributed by atoms with Gasteiger partial charge in [0, 0.05) is 28.2 Å². The van der Waals surface area contributed by atoms with Gasteiger partial charge in [0.15, 0.2) is 0 Å². The lowest BCUT2D eigenvalue weighted by molar-refractivity contribution is -0.157. The molecule has 2 rings (SSSR count). The van der Waals surface area contributed by atoms with Gasteiger partial charge >= 0.3 is 18.2 Å². The van der Waals surface area contributed by atoms with E-state index in [4.69, 9.17) is 32.7 Å². The van der Waals surface area contributed by atoms with Crippen molar-refractivity contribution in [2.24, 2.45) is 4.40 Å². The van der Waals surface area contributed by atoms with Crippen LogP contribution in [0.3, 0.4) is 0 Å². The van der Waals surface area contributed by atoms with E-state index in [1.807, 2.05) is 0 Å². The van der Waals surface area contributed by atoms with Crippen LogP contribution in [-0.4, -0.2) is 55.9 Å². The number of hydrogen-bond donors (Lipinski definition) is 1. The van der Waals surface area contributed by atoms with E-state index in [1.165, 1.54) is 18.2 Å². The molecule has 8 nitrogen and oxygen atoms in total. The molecule has 14 heteroatoms. The second-order valence-electron chi connectivity index (χ2n) is 11.7. The van der Waals surface area contributed by atoms with Gasteiger partial charge in [0.25, 0.3) is 10.0 Å². The summed E-state index contributed by atoms with van der Waals surface area (Å²) in [7, 11) is -4.32. The molecule has 242 valence electrons. The highest BCUT2D eigenvalue weighted by Crippen LogP contribution is 2.34. The van der Waals surface area contributed by atoms with Gasteiger partial charge in [-0.15, -0.1) is 0 Å². The van der Waals surface area contributed by atoms with Crippen LogP contribution >= 0.6 is 23.2 Å². The van der Waals surface area contributed by atoms with Crippen LogP contribution in [0.1, 0.15) is 59.9 Å². The molecule has 0 radical (unpaired) electrons. The van der Waals surface area contributed by atoms with Crippen molar-refractivity contribution in [2.75, 3.05) is 5.75 Å². The van der Waals surface area contributed by atoms with E-state index in [1.54, 1.807) is 65.8 Å². The summed E-state index contributed by atoms with van der Waals surface area (Å²) in [6.07, 6.45) is -5.51. The van der Waals surface area contributed by atoms with Crippen molar-refractivity contribution in [3.8, 4) is 11.1 Å². The number of amides is 1. The Morgan fingerprint density at radius 2 is 1.55 bits per heavy atom. The first-order chi connectivity index (χ1) is 20.0. The number of nitrogens with zero attached hydrogens (tertiary/aromatic N) is 1. The Labute approximate surface area is 265 Å². The fourth-order valence-electron chi connectivity index (χ4n) is 3.64. The number of esters is 1. The summed E-state index contributed by atoms with van der Waals surface area (Å²) in [6.45, 7) is 9.69. The maximum atomic E-state index is 13.4. The normalized spacial score (nSPS) is 13.9. The molecule has 0 saturated heterocycles. The van der Waals surface area contributed by atoms with Crippen LogP contribution < -0.4 is 5.32 Å². The minimum atomic E-state index is -4.62. The average Bonchev–Trinajstić information content (AvgIpc) is 2.83. The average molecular weight is 680 g/mol. The summed E-state index contributed by atoms with van der Waals surface area (Å²) < 4.78 is 79.4. The molecule has 0 aliphatic rings. The zero-order chi connectivity index (χ0) is 33.5. The Hall–Kier alpha value is -3.09. The lowest BCUT2D eigenvalue weighted by atomic mass is 9.98. The van der Waals surface area contributed by atoms with Crippen LogP contribution in [0.25, 0.3) is 16.7 Å². The molecular formula is C30H35Cl2F3N2O6S. The van der Waals surface area contributed by atoms with E-state index in [-0.39, 0.29) is 17.6 Å². The fraction of sp³-hybridized carbons (Fsp3) is 0.433. The van der Waals surface area contributed by atoms with Crippen molar-refractivity contribution in [1.29, 1.82) is 0 Å². The molecule has 0 spiro atoms. The van der Waals surface area contributed by atoms with E-state index in [9.17, 15) is 31.2 Å². The van der Waals surface area contributed by atoms with Crippen molar-refractivity contribution < 1.29 is 40.7 Å². The maximum Gasteiger partial charge on any atom is 0.408 e. The zero-order valence-corrected chi connectivity index (χ0v) is 27.4. The quantitative estimate of drug-likeness (QED) is 0.201. The maximum absolute atomic E-state index is 13.4. The van der Waals surface area contributed by atoms with Crippen LogP contribution in [0.15, 0.2) is 52.9 Å². The number of alkyl halides is 3. The minimum absolute atomic E-state index is 0.155. The molecule has 0 aliphatic carbocycles. The first kappa shape index (κ1) is 37.1. The third kappa shape index (κ3) is 13.7. The number of allylic oxidation sites excluding steroid dienone is 1. The minimum Gasteiger partial charge on any atom is -0.458 e. The molecule has 2 aromatic rings. The van der Waals surface area contributed by atoms with E-state index in [0.717, 1.165) is 12.3 Å². The van der Waals surface area contributed by atoms with Gasteiger partial charge in [0.2, 0.25) is 0 Å². The fourth-order valence-corrected chi connectivity index (χ4v) is 4.97. The molecule has 0 aromatic heterocycles. The van der Waals surface area contributed by atoms with Gasteiger partial charge in [0.05, 0.1) is 12.2 Å². The van der Waals surface area contributed by atoms with Crippen molar-refractivity contribution in [1.82, 2.24) is 5.32 Å². The van der Waals surface area contributed by atoms with Crippen molar-refractivity contribution in [3.05, 3.63) is 64.1 Å². The molecule has 1 atom stereocenters. The molecule has 0 heterocycles. The van der Waals surface area contributed by atoms with E-state index in [0.29, 0.717) is 21.2 Å². The van der Waals surface area contributed by atoms with E-state index >= 15 is 0 Å². The third-order valence-corrected chi connectivity index (χ3v) is 6.99. The van der Waals surface area contributed by atoms with Gasteiger partial charge in [0.1, 0.15) is 17.2 Å². The number of sulfonamides is 1. The molecule has 0 saturated carbocycles. The lowest BCUT2D eigenvalue weighted by Gasteiger charge is -2.25. The Morgan fingerprint density at radius 1 is 0.955 bits per heavy atom. The summed E-state index contributed by atoms with van der Waals surface area (Å²) in [5, 5.41) is 3.11. The number of ether oxygens (including phenoxy) is 2. The lowest BCUT2D eigenvalue weighted by Crippen LogP contribution is -2.46. The van der Waals surface area contributed by atoms with Crippen LogP contribution in [0.2, 0.25) is 10.0 Å². The topological polar surface area (TPSA) is 111 Å². The summed E-state index contributed by atoms with van der Waals surface area (Å²) in [6, 6.07) is 9.49. The highest BCUT2D eigenvalue weighted by molar-refractivity contribution is 7.90. The van der Waals surface area contributed by atoms with Crippen molar-refractivity contribution in [3.63, 3.8) is 0 Å². The van der Waals surface area contributed by atoms with Crippen LogP contribution in [0.5, 0.6) is 0 Å². The highest BCUT2D eigenvalue weighted by atomic mass is 35.5. The Bertz CT molecular complexity index is 1490. The first-order valence-electron chi connectivity index (χ1n) is 13.3. The van der Waals surface area contributed by atoms with Gasteiger partial charge in [-0.1, -0.05) is 59.6 Å². The van der Waals surface area contributed by atoms with Gasteiger partial charge in [-0.2, -0.15) is 17.6 Å². The molecule has 0 bridgehead atoms. The molecule has 44 heavy (non-hydrogen) atoms. The highest BCUT2D eigenvalue weighted by Gasteiger charge is 2.30. The number of halogens is 5. The summed E-state index contributed by atoms with van der Waals surface area (Å²) >= 11 is 12.2. The van der Waals surface area contributed by atoms with Crippen LogP contribution in [0, 0.1) is 0 Å². The predicted octanol–water partition coefficient (Wildman–Crippen LogP) is 8.02. The predicted molar refractivity (Wildman–Crippen MR) is 166 cm³/mol. The first-order valence-corrected chi connectivity index (χ1v) is 15.7. The molecule has 1 amide bonds. The summed E-state index contributed by atoms with van der Waals surface area (Å²) in [5.74, 6) is -1.71. The molecule has 0 unspecified atom stereocenters. The van der Waals surface area contributed by atoms with Gasteiger partial charge in [-0.25, -0.2) is 18.0 Å². The number of carbonyl (C=O) groups excluding carboxylic acids is 2. The number of benzene rings is 2. The molecule has 2 aromatic carbocycles. The Kier molecular flexibility index (Phi) is 12.5. The molecule has 0 aliphatic heterocycles. The van der Waals surface area contributed by atoms with Crippen molar-refractivity contribution >= 4 is 57.1 Å². The van der Waals surface area contributed by atoms with Crippen LogP contribution in [0.4, 0.5) is 18.0 Å². The SMILES string of the molecule is CC(C)(C)OC(=O)N[C@@H](C/C=N/S(=O)(=O)CC=C(CC(F)(F)F)c1ccc(-c2ccc(Cl)cc2Cl)cc1)C(=O)OC(C)(C)C. The van der Waals surface area contributed by atoms with Gasteiger partial charge < -0.3 is 14.8 Å². The summed E-state index contributed by atoms with van der Waals surface area (Å²) in [4.78, 5) is 24.9. The zero-order valence-electron chi connectivity index (χ0n) is 25.1. The number of alkyl carbamates (subject to hydrolysis) is 1.